The fraction of sp³-hybridized carbons (Fsp3) is 0.625. The fourth-order valence-electron chi connectivity index (χ4n) is 2.94. The minimum Gasteiger partial charge on any atom is -0.474 e. The molecule has 24 heavy (non-hydrogen) atoms. The van der Waals surface area contributed by atoms with Crippen LogP contribution in [0, 0.1) is 0 Å². The number of rotatable bonds is 3. The van der Waals surface area contributed by atoms with Crippen molar-refractivity contribution >= 4 is 5.57 Å². The van der Waals surface area contributed by atoms with Crippen molar-refractivity contribution in [3.8, 4) is 5.88 Å². The minimum absolute atomic E-state index is 0.0791. The van der Waals surface area contributed by atoms with Crippen molar-refractivity contribution in [2.45, 2.75) is 50.7 Å². The van der Waals surface area contributed by atoms with Crippen LogP contribution in [-0.2, 0) is 15.7 Å². The van der Waals surface area contributed by atoms with Gasteiger partial charge in [0.15, 0.2) is 5.79 Å². The molecule has 0 amide bonds. The Bertz CT molecular complexity index is 617. The van der Waals surface area contributed by atoms with Crippen LogP contribution in [0.15, 0.2) is 12.6 Å². The molecule has 1 aromatic rings. The molecule has 0 radical (unpaired) electrons. The summed E-state index contributed by atoms with van der Waals surface area (Å²) in [4.78, 5) is 7.01. The normalized spacial score (nSPS) is 21.2. The molecular weight excluding hydrogens is 325 g/mol. The summed E-state index contributed by atoms with van der Waals surface area (Å²) in [5, 5.41) is 0. The monoisotopic (exact) mass is 344 g/mol. The van der Waals surface area contributed by atoms with Crippen molar-refractivity contribution < 1.29 is 27.4 Å². The highest BCUT2D eigenvalue weighted by Gasteiger charge is 2.41. The Morgan fingerprint density at radius 1 is 1.25 bits per heavy atom. The summed E-state index contributed by atoms with van der Waals surface area (Å²) in [5.41, 5.74) is 0.546. The van der Waals surface area contributed by atoms with E-state index in [1.807, 2.05) is 0 Å². The first-order valence-electron chi connectivity index (χ1n) is 7.84. The molecule has 0 N–H and O–H groups in total. The molecule has 0 aromatic carbocycles. The van der Waals surface area contributed by atoms with Crippen LogP contribution in [0.4, 0.5) is 13.2 Å². The van der Waals surface area contributed by atoms with E-state index in [0.717, 1.165) is 0 Å². The predicted octanol–water partition coefficient (Wildman–Crippen LogP) is 3.59. The average molecular weight is 344 g/mol. The van der Waals surface area contributed by atoms with E-state index in [1.54, 1.807) is 6.92 Å². The Hall–Kier alpha value is -1.67. The third-order valence-electron chi connectivity index (χ3n) is 4.19. The molecule has 132 valence electrons. The van der Waals surface area contributed by atoms with Gasteiger partial charge in [-0.1, -0.05) is 6.58 Å². The number of nitrogens with zero attached hydrogens (tertiary/aromatic N) is 2. The molecule has 1 spiro atoms. The highest BCUT2D eigenvalue weighted by molar-refractivity contribution is 5.58. The van der Waals surface area contributed by atoms with Crippen molar-refractivity contribution in [1.82, 2.24) is 9.97 Å². The van der Waals surface area contributed by atoms with Crippen molar-refractivity contribution in [3.63, 3.8) is 0 Å². The Kier molecular flexibility index (Phi) is 4.52. The third kappa shape index (κ3) is 3.70. The van der Waals surface area contributed by atoms with Crippen molar-refractivity contribution in [1.29, 1.82) is 0 Å². The maximum Gasteiger partial charge on any atom is 0.451 e. The molecule has 1 saturated carbocycles. The molecular formula is C16H19F3N2O3. The van der Waals surface area contributed by atoms with Gasteiger partial charge in [-0.15, -0.1) is 0 Å². The number of halogens is 3. The van der Waals surface area contributed by atoms with Gasteiger partial charge in [0, 0.05) is 18.9 Å². The molecule has 1 aliphatic heterocycles. The summed E-state index contributed by atoms with van der Waals surface area (Å²) >= 11 is 0. The van der Waals surface area contributed by atoms with Crippen molar-refractivity contribution in [2.75, 3.05) is 13.2 Å². The van der Waals surface area contributed by atoms with Crippen LogP contribution >= 0.6 is 0 Å². The summed E-state index contributed by atoms with van der Waals surface area (Å²) in [6, 6.07) is 1.39. The number of aromatic nitrogens is 2. The number of alkyl halides is 3. The van der Waals surface area contributed by atoms with Crippen LogP contribution in [0.25, 0.3) is 5.57 Å². The summed E-state index contributed by atoms with van der Waals surface area (Å²) in [7, 11) is 0. The van der Waals surface area contributed by atoms with E-state index in [-0.39, 0.29) is 17.7 Å². The molecule has 8 heteroatoms. The quantitative estimate of drug-likeness (QED) is 0.839. The van der Waals surface area contributed by atoms with E-state index in [9.17, 15) is 13.2 Å². The smallest absolute Gasteiger partial charge is 0.451 e. The first kappa shape index (κ1) is 17.2. The lowest BCUT2D eigenvalue weighted by Gasteiger charge is -2.35. The standard InChI is InChI=1S/C16H19F3N2O3/c1-10(2)12-9-13(21-14(20-12)16(17,18)19)24-11-3-5-15(6-4-11)22-7-8-23-15/h9,11H,1,3-8H2,2H3. The molecule has 2 fully saturated rings. The van der Waals surface area contributed by atoms with E-state index in [2.05, 4.69) is 16.5 Å². The molecule has 1 saturated heterocycles. The summed E-state index contributed by atoms with van der Waals surface area (Å²) in [6.45, 7) is 6.38. The molecule has 1 aliphatic carbocycles. The summed E-state index contributed by atoms with van der Waals surface area (Å²) in [5.74, 6) is -1.83. The van der Waals surface area contributed by atoms with Crippen LogP contribution in [0.3, 0.4) is 0 Å². The molecule has 2 aliphatic rings. The molecule has 0 unspecified atom stereocenters. The van der Waals surface area contributed by atoms with Gasteiger partial charge in [0.1, 0.15) is 6.10 Å². The molecule has 1 aromatic heterocycles. The van der Waals surface area contributed by atoms with Gasteiger partial charge in [0.2, 0.25) is 11.7 Å². The Balaban J connectivity index is 1.73. The van der Waals surface area contributed by atoms with Gasteiger partial charge in [-0.25, -0.2) is 4.98 Å². The van der Waals surface area contributed by atoms with Gasteiger partial charge >= 0.3 is 6.18 Å². The zero-order chi connectivity index (χ0) is 17.4. The van der Waals surface area contributed by atoms with Gasteiger partial charge < -0.3 is 14.2 Å². The van der Waals surface area contributed by atoms with Crippen LogP contribution in [-0.4, -0.2) is 35.1 Å². The van der Waals surface area contributed by atoms with Crippen molar-refractivity contribution in [2.24, 2.45) is 0 Å². The molecule has 0 bridgehead atoms. The second-order valence-corrected chi connectivity index (χ2v) is 6.12. The number of ether oxygens (including phenoxy) is 3. The lowest BCUT2D eigenvalue weighted by molar-refractivity contribution is -0.186. The molecule has 2 heterocycles. The van der Waals surface area contributed by atoms with Gasteiger partial charge in [-0.2, -0.15) is 18.2 Å². The number of hydrogen-bond donors (Lipinski definition) is 0. The Morgan fingerprint density at radius 3 is 2.42 bits per heavy atom. The van der Waals surface area contributed by atoms with E-state index < -0.39 is 17.8 Å². The predicted molar refractivity (Wildman–Crippen MR) is 79.3 cm³/mol. The molecule has 0 atom stereocenters. The number of allylic oxidation sites excluding steroid dienone is 1. The van der Waals surface area contributed by atoms with Crippen LogP contribution in [0.2, 0.25) is 0 Å². The highest BCUT2D eigenvalue weighted by Crippen LogP contribution is 2.37. The number of hydrogen-bond acceptors (Lipinski definition) is 5. The van der Waals surface area contributed by atoms with Gasteiger partial charge in [0.05, 0.1) is 18.9 Å². The maximum atomic E-state index is 12.9. The lowest BCUT2D eigenvalue weighted by Crippen LogP contribution is -2.38. The van der Waals surface area contributed by atoms with E-state index >= 15 is 0 Å². The SMILES string of the molecule is C=C(C)c1cc(OC2CCC3(CC2)OCCO3)nc(C(F)(F)F)n1. The first-order valence-corrected chi connectivity index (χ1v) is 7.84. The second-order valence-electron chi connectivity index (χ2n) is 6.12. The van der Waals surface area contributed by atoms with Crippen LogP contribution in [0.5, 0.6) is 5.88 Å². The van der Waals surface area contributed by atoms with Gasteiger partial charge in [-0.05, 0) is 25.3 Å². The maximum absolute atomic E-state index is 12.9. The van der Waals surface area contributed by atoms with Gasteiger partial charge in [0.25, 0.3) is 0 Å². The summed E-state index contributed by atoms with van der Waals surface area (Å²) < 4.78 is 55.8. The topological polar surface area (TPSA) is 53.5 Å². The van der Waals surface area contributed by atoms with E-state index in [1.165, 1.54) is 6.07 Å². The molecule has 5 nitrogen and oxygen atoms in total. The fourth-order valence-corrected chi connectivity index (χ4v) is 2.94. The largest absolute Gasteiger partial charge is 0.474 e. The Labute approximate surface area is 137 Å². The molecule has 3 rings (SSSR count). The lowest BCUT2D eigenvalue weighted by atomic mass is 9.92. The van der Waals surface area contributed by atoms with E-state index in [4.69, 9.17) is 14.2 Å². The van der Waals surface area contributed by atoms with Crippen LogP contribution in [0.1, 0.15) is 44.1 Å². The minimum atomic E-state index is -4.63. The van der Waals surface area contributed by atoms with Crippen molar-refractivity contribution in [3.05, 3.63) is 24.2 Å². The summed E-state index contributed by atoms with van der Waals surface area (Å²) in [6.07, 6.45) is -2.28. The second kappa shape index (κ2) is 6.33. The van der Waals surface area contributed by atoms with Crippen LogP contribution < -0.4 is 4.74 Å². The van der Waals surface area contributed by atoms with E-state index in [0.29, 0.717) is 44.5 Å². The first-order chi connectivity index (χ1) is 11.3. The average Bonchev–Trinajstić information content (AvgIpc) is 2.97. The zero-order valence-electron chi connectivity index (χ0n) is 13.4. The third-order valence-corrected chi connectivity index (χ3v) is 4.19. The van der Waals surface area contributed by atoms with Gasteiger partial charge in [-0.3, -0.25) is 0 Å². The zero-order valence-corrected chi connectivity index (χ0v) is 13.4. The highest BCUT2D eigenvalue weighted by atomic mass is 19.4. The Morgan fingerprint density at radius 2 is 1.88 bits per heavy atom.